The second-order valence-corrected chi connectivity index (χ2v) is 3.84. The Morgan fingerprint density at radius 2 is 2.38 bits per heavy atom. The van der Waals surface area contributed by atoms with Crippen molar-refractivity contribution in [2.24, 2.45) is 0 Å². The second kappa shape index (κ2) is 4.53. The summed E-state index contributed by atoms with van der Waals surface area (Å²) in [4.78, 5) is 11.5. The van der Waals surface area contributed by atoms with E-state index >= 15 is 0 Å². The van der Waals surface area contributed by atoms with Crippen LogP contribution in [0.15, 0.2) is 18.2 Å². The highest BCUT2D eigenvalue weighted by atomic mass is 16.5. The number of fused-ring (bicyclic) bond motifs is 1. The molecule has 1 aliphatic heterocycles. The maximum absolute atomic E-state index is 11.5. The predicted molar refractivity (Wildman–Crippen MR) is 59.1 cm³/mol. The van der Waals surface area contributed by atoms with E-state index in [0.29, 0.717) is 19.6 Å². The van der Waals surface area contributed by atoms with Crippen molar-refractivity contribution in [2.45, 2.75) is 25.9 Å². The summed E-state index contributed by atoms with van der Waals surface area (Å²) in [7, 11) is 0. The van der Waals surface area contributed by atoms with Crippen molar-refractivity contribution in [1.29, 1.82) is 0 Å². The average molecular weight is 221 g/mol. The van der Waals surface area contributed by atoms with Gasteiger partial charge in [0.1, 0.15) is 11.8 Å². The van der Waals surface area contributed by atoms with Gasteiger partial charge in [-0.2, -0.15) is 0 Å². The van der Waals surface area contributed by atoms with Crippen LogP contribution in [0.4, 0.5) is 0 Å². The maximum Gasteiger partial charge on any atom is 0.323 e. The number of hydrogen-bond acceptors (Lipinski definition) is 4. The van der Waals surface area contributed by atoms with Gasteiger partial charge in [0, 0.05) is 6.54 Å². The molecule has 0 fully saturated rings. The normalized spacial score (nSPS) is 18.9. The molecule has 0 saturated carbocycles. The maximum atomic E-state index is 11.5. The number of hydrogen-bond donors (Lipinski definition) is 2. The molecule has 16 heavy (non-hydrogen) atoms. The molecule has 4 nitrogen and oxygen atoms in total. The van der Waals surface area contributed by atoms with Crippen molar-refractivity contribution >= 4 is 5.97 Å². The van der Waals surface area contributed by atoms with Crippen LogP contribution in [0.1, 0.15) is 18.1 Å². The van der Waals surface area contributed by atoms with E-state index in [2.05, 4.69) is 5.32 Å². The van der Waals surface area contributed by atoms with Gasteiger partial charge in [0.2, 0.25) is 0 Å². The Morgan fingerprint density at radius 1 is 1.56 bits per heavy atom. The number of ether oxygens (including phenoxy) is 1. The highest BCUT2D eigenvalue weighted by Crippen LogP contribution is 2.21. The minimum absolute atomic E-state index is 0.207. The lowest BCUT2D eigenvalue weighted by Crippen LogP contribution is -2.42. The molecule has 4 heteroatoms. The summed E-state index contributed by atoms with van der Waals surface area (Å²) in [6, 6.07) is 4.96. The Kier molecular flexibility index (Phi) is 3.10. The van der Waals surface area contributed by atoms with E-state index in [-0.39, 0.29) is 17.8 Å². The molecule has 2 rings (SSSR count). The fraction of sp³-hybridized carbons (Fsp3) is 0.417. The lowest BCUT2D eigenvalue weighted by Gasteiger charge is -2.24. The average Bonchev–Trinajstić information content (AvgIpc) is 2.28. The first-order valence-corrected chi connectivity index (χ1v) is 5.41. The molecule has 1 aromatic rings. The minimum Gasteiger partial charge on any atom is -0.508 e. The van der Waals surface area contributed by atoms with Crippen molar-refractivity contribution in [3.05, 3.63) is 29.3 Å². The fourth-order valence-corrected chi connectivity index (χ4v) is 1.91. The zero-order valence-corrected chi connectivity index (χ0v) is 9.19. The number of nitrogens with one attached hydrogen (secondary N) is 1. The smallest absolute Gasteiger partial charge is 0.323 e. The van der Waals surface area contributed by atoms with Crippen LogP contribution in [0, 0.1) is 0 Å². The Labute approximate surface area is 94.2 Å². The number of rotatable bonds is 2. The minimum atomic E-state index is -0.267. The Balaban J connectivity index is 2.12. The molecule has 1 atom stereocenters. The van der Waals surface area contributed by atoms with E-state index in [4.69, 9.17) is 4.74 Å². The lowest BCUT2D eigenvalue weighted by atomic mass is 9.96. The highest BCUT2D eigenvalue weighted by Gasteiger charge is 2.25. The molecule has 1 aliphatic rings. The summed E-state index contributed by atoms with van der Waals surface area (Å²) in [5, 5.41) is 12.4. The van der Waals surface area contributed by atoms with E-state index in [1.165, 1.54) is 0 Å². The zero-order valence-electron chi connectivity index (χ0n) is 9.19. The van der Waals surface area contributed by atoms with Crippen LogP contribution in [0.5, 0.6) is 5.75 Å². The third-order valence-corrected chi connectivity index (χ3v) is 2.72. The van der Waals surface area contributed by atoms with E-state index < -0.39 is 0 Å². The van der Waals surface area contributed by atoms with Crippen LogP contribution >= 0.6 is 0 Å². The first kappa shape index (κ1) is 11.0. The van der Waals surface area contributed by atoms with E-state index in [1.807, 2.05) is 6.07 Å². The Bertz CT molecular complexity index is 403. The molecule has 0 spiro atoms. The molecule has 0 aromatic heterocycles. The number of phenols is 1. The van der Waals surface area contributed by atoms with Crippen LogP contribution < -0.4 is 5.32 Å². The van der Waals surface area contributed by atoms with Gasteiger partial charge in [-0.15, -0.1) is 0 Å². The number of benzene rings is 1. The lowest BCUT2D eigenvalue weighted by molar-refractivity contribution is -0.145. The van der Waals surface area contributed by atoms with Gasteiger partial charge in [0.05, 0.1) is 6.61 Å². The molecule has 0 bridgehead atoms. The number of phenolic OH excluding ortho intramolecular Hbond substituents is 1. The van der Waals surface area contributed by atoms with Crippen molar-refractivity contribution in [1.82, 2.24) is 5.32 Å². The zero-order chi connectivity index (χ0) is 11.5. The van der Waals surface area contributed by atoms with Gasteiger partial charge in [-0.1, -0.05) is 6.07 Å². The molecular weight excluding hydrogens is 206 g/mol. The van der Waals surface area contributed by atoms with Crippen LogP contribution in [0.3, 0.4) is 0 Å². The fourth-order valence-electron chi connectivity index (χ4n) is 1.91. The van der Waals surface area contributed by atoms with Crippen molar-refractivity contribution in [2.75, 3.05) is 6.61 Å². The number of carbonyl (C=O) groups excluding carboxylic acids is 1. The van der Waals surface area contributed by atoms with Crippen LogP contribution in [-0.4, -0.2) is 23.7 Å². The summed E-state index contributed by atoms with van der Waals surface area (Å²) in [5.41, 5.74) is 2.13. The van der Waals surface area contributed by atoms with Gasteiger partial charge >= 0.3 is 5.97 Å². The first-order chi connectivity index (χ1) is 7.70. The molecule has 0 amide bonds. The SMILES string of the molecule is CCOC(=O)C1Cc2ccc(O)cc2CN1. The van der Waals surface area contributed by atoms with E-state index in [1.54, 1.807) is 19.1 Å². The summed E-state index contributed by atoms with van der Waals surface area (Å²) in [6.07, 6.45) is 0.619. The molecule has 86 valence electrons. The molecule has 1 unspecified atom stereocenters. The quantitative estimate of drug-likeness (QED) is 0.731. The van der Waals surface area contributed by atoms with Gasteiger partial charge in [0.15, 0.2) is 0 Å². The standard InChI is InChI=1S/C12H15NO3/c1-2-16-12(15)11-6-8-3-4-10(14)5-9(8)7-13-11/h3-5,11,13-14H,2,6-7H2,1H3. The predicted octanol–water partition coefficient (Wildman–Crippen LogP) is 0.970. The summed E-state index contributed by atoms with van der Waals surface area (Å²) >= 11 is 0. The van der Waals surface area contributed by atoms with Crippen molar-refractivity contribution in [3.8, 4) is 5.75 Å². The van der Waals surface area contributed by atoms with Gasteiger partial charge < -0.3 is 15.2 Å². The topological polar surface area (TPSA) is 58.6 Å². The molecule has 0 radical (unpaired) electrons. The molecule has 0 saturated heterocycles. The van der Waals surface area contributed by atoms with Gasteiger partial charge in [0.25, 0.3) is 0 Å². The first-order valence-electron chi connectivity index (χ1n) is 5.41. The summed E-state index contributed by atoms with van der Waals surface area (Å²) in [6.45, 7) is 2.79. The number of aromatic hydroxyl groups is 1. The van der Waals surface area contributed by atoms with Crippen molar-refractivity contribution in [3.63, 3.8) is 0 Å². The van der Waals surface area contributed by atoms with Crippen LogP contribution in [-0.2, 0) is 22.5 Å². The third kappa shape index (κ3) is 2.17. The number of esters is 1. The summed E-state index contributed by atoms with van der Waals surface area (Å²) < 4.78 is 4.97. The highest BCUT2D eigenvalue weighted by molar-refractivity contribution is 5.76. The van der Waals surface area contributed by atoms with E-state index in [9.17, 15) is 9.90 Å². The molecule has 2 N–H and O–H groups in total. The van der Waals surface area contributed by atoms with Gasteiger partial charge in [-0.05, 0) is 36.6 Å². The number of carbonyl (C=O) groups is 1. The van der Waals surface area contributed by atoms with Gasteiger partial charge in [-0.25, -0.2) is 0 Å². The molecule has 1 aromatic carbocycles. The van der Waals surface area contributed by atoms with E-state index in [0.717, 1.165) is 11.1 Å². The Hall–Kier alpha value is -1.55. The largest absolute Gasteiger partial charge is 0.508 e. The summed E-state index contributed by atoms with van der Waals surface area (Å²) in [5.74, 6) is 0.0522. The van der Waals surface area contributed by atoms with Gasteiger partial charge in [-0.3, -0.25) is 4.79 Å². The monoisotopic (exact) mass is 221 g/mol. The molecule has 1 heterocycles. The Morgan fingerprint density at radius 3 is 3.12 bits per heavy atom. The molecular formula is C12H15NO3. The van der Waals surface area contributed by atoms with Crippen LogP contribution in [0.2, 0.25) is 0 Å². The molecule has 0 aliphatic carbocycles. The van der Waals surface area contributed by atoms with Crippen molar-refractivity contribution < 1.29 is 14.6 Å². The second-order valence-electron chi connectivity index (χ2n) is 3.84. The third-order valence-electron chi connectivity index (χ3n) is 2.72. The van der Waals surface area contributed by atoms with Crippen LogP contribution in [0.25, 0.3) is 0 Å².